The first-order valence-electron chi connectivity index (χ1n) is 13.1. The lowest BCUT2D eigenvalue weighted by Gasteiger charge is -2.22. The number of ether oxygens (including phenoxy) is 3. The van der Waals surface area contributed by atoms with E-state index in [1.807, 2.05) is 0 Å². The van der Waals surface area contributed by atoms with Crippen molar-refractivity contribution in [2.24, 2.45) is 0 Å². The highest BCUT2D eigenvalue weighted by Gasteiger charge is 2.28. The summed E-state index contributed by atoms with van der Waals surface area (Å²) in [6.45, 7) is 4.44. The first kappa shape index (κ1) is 30.2. The summed E-state index contributed by atoms with van der Waals surface area (Å²) < 4.78 is 42.5. The van der Waals surface area contributed by atoms with E-state index < -0.39 is 47.9 Å². The molecule has 42 heavy (non-hydrogen) atoms. The van der Waals surface area contributed by atoms with Gasteiger partial charge in [0.15, 0.2) is 11.8 Å². The summed E-state index contributed by atoms with van der Waals surface area (Å²) in [5.41, 5.74) is 2.10. The molecule has 0 saturated carbocycles. The Labute approximate surface area is 241 Å². The number of hydrogen-bond acceptors (Lipinski definition) is 8. The molecule has 1 amide bonds. The van der Waals surface area contributed by atoms with Gasteiger partial charge in [0.1, 0.15) is 23.8 Å². The van der Waals surface area contributed by atoms with Gasteiger partial charge >= 0.3 is 18.0 Å². The summed E-state index contributed by atoms with van der Waals surface area (Å²) >= 11 is 0. The van der Waals surface area contributed by atoms with E-state index in [4.69, 9.17) is 9.47 Å². The van der Waals surface area contributed by atoms with Crippen molar-refractivity contribution in [3.8, 4) is 0 Å². The molecule has 1 atom stereocenters. The predicted octanol–water partition coefficient (Wildman–Crippen LogP) is 5.26. The lowest BCUT2D eigenvalue weighted by molar-refractivity contribution is -0.144. The quantitative estimate of drug-likeness (QED) is 0.287. The fourth-order valence-corrected chi connectivity index (χ4v) is 4.40. The highest BCUT2D eigenvalue weighted by molar-refractivity contribution is 6.12. The minimum absolute atomic E-state index is 0.0801. The van der Waals surface area contributed by atoms with E-state index in [2.05, 4.69) is 15.4 Å². The Kier molecular flexibility index (Phi) is 8.89. The van der Waals surface area contributed by atoms with E-state index in [-0.39, 0.29) is 17.0 Å². The van der Waals surface area contributed by atoms with Gasteiger partial charge in [-0.05, 0) is 87.2 Å². The third-order valence-corrected chi connectivity index (χ3v) is 6.37. The molecule has 0 radical (unpaired) electrons. The van der Waals surface area contributed by atoms with Gasteiger partial charge in [-0.25, -0.2) is 23.2 Å². The normalized spacial score (nSPS) is 13.1. The summed E-state index contributed by atoms with van der Waals surface area (Å²) in [5, 5.41) is 5.23. The van der Waals surface area contributed by atoms with E-state index in [1.165, 1.54) is 18.2 Å². The highest BCUT2D eigenvalue weighted by atomic mass is 19.1. The lowest BCUT2D eigenvalue weighted by Crippen LogP contribution is -2.47. The number of esters is 2. The van der Waals surface area contributed by atoms with Crippen molar-refractivity contribution in [3.05, 3.63) is 94.0 Å². The maximum Gasteiger partial charge on any atom is 0.408 e. The Bertz CT molecular complexity index is 1550. The summed E-state index contributed by atoms with van der Waals surface area (Å²) in [5.74, 6) is -3.38. The summed E-state index contributed by atoms with van der Waals surface area (Å²) in [6.07, 6.45) is 0.128. The van der Waals surface area contributed by atoms with Gasteiger partial charge < -0.3 is 24.8 Å². The molecule has 0 bridgehead atoms. The smallest absolute Gasteiger partial charge is 0.408 e. The van der Waals surface area contributed by atoms with E-state index in [9.17, 15) is 28.0 Å². The SMILES string of the molecule is COC(=O)[C@H](COC(=O)c1ccc2c(c1)C(=O)c1ccc(Nc3ccc(F)cc3F)cc1CC2)NC(=O)OC(C)(C)C. The molecule has 0 unspecified atom stereocenters. The third kappa shape index (κ3) is 7.28. The summed E-state index contributed by atoms with van der Waals surface area (Å²) in [6, 6.07) is 11.5. The third-order valence-electron chi connectivity index (χ3n) is 6.37. The zero-order valence-corrected chi connectivity index (χ0v) is 23.5. The fourth-order valence-electron chi connectivity index (χ4n) is 4.40. The largest absolute Gasteiger partial charge is 0.467 e. The van der Waals surface area contributed by atoms with Gasteiger partial charge in [-0.3, -0.25) is 4.79 Å². The number of nitrogens with one attached hydrogen (secondary N) is 2. The number of halogens is 2. The molecule has 2 N–H and O–H groups in total. The van der Waals surface area contributed by atoms with E-state index in [0.717, 1.165) is 30.4 Å². The average Bonchev–Trinajstić information content (AvgIpc) is 3.06. The Morgan fingerprint density at radius 2 is 1.67 bits per heavy atom. The van der Waals surface area contributed by atoms with Gasteiger partial charge in [0.25, 0.3) is 0 Å². The Balaban J connectivity index is 1.48. The van der Waals surface area contributed by atoms with Crippen LogP contribution in [0.3, 0.4) is 0 Å². The van der Waals surface area contributed by atoms with Crippen LogP contribution in [0.4, 0.5) is 25.0 Å². The predicted molar refractivity (Wildman–Crippen MR) is 149 cm³/mol. The Morgan fingerprint density at radius 1 is 0.929 bits per heavy atom. The second kappa shape index (κ2) is 12.4. The van der Waals surface area contributed by atoms with Crippen LogP contribution in [0.25, 0.3) is 0 Å². The fraction of sp³-hybridized carbons (Fsp3) is 0.290. The summed E-state index contributed by atoms with van der Waals surface area (Å²) in [7, 11) is 1.13. The number of amides is 1. The van der Waals surface area contributed by atoms with Crippen molar-refractivity contribution in [1.82, 2.24) is 5.32 Å². The zero-order valence-electron chi connectivity index (χ0n) is 23.5. The van der Waals surface area contributed by atoms with Gasteiger partial charge in [0.2, 0.25) is 0 Å². The number of aryl methyl sites for hydroxylation is 2. The molecule has 0 spiro atoms. The number of alkyl carbamates (subject to hydrolysis) is 1. The molecule has 4 rings (SSSR count). The second-order valence-electron chi connectivity index (χ2n) is 10.6. The van der Waals surface area contributed by atoms with E-state index in [0.29, 0.717) is 29.7 Å². The van der Waals surface area contributed by atoms with E-state index in [1.54, 1.807) is 45.0 Å². The van der Waals surface area contributed by atoms with Crippen molar-refractivity contribution >= 4 is 35.2 Å². The van der Waals surface area contributed by atoms with Crippen LogP contribution in [0.1, 0.15) is 58.2 Å². The second-order valence-corrected chi connectivity index (χ2v) is 10.6. The number of carbonyl (C=O) groups is 4. The number of rotatable bonds is 7. The van der Waals surface area contributed by atoms with Crippen LogP contribution in [-0.2, 0) is 31.8 Å². The molecule has 0 fully saturated rings. The van der Waals surface area contributed by atoms with Crippen LogP contribution >= 0.6 is 0 Å². The topological polar surface area (TPSA) is 120 Å². The maximum atomic E-state index is 14.1. The van der Waals surface area contributed by atoms with Crippen LogP contribution in [0.5, 0.6) is 0 Å². The van der Waals surface area contributed by atoms with Crippen molar-refractivity contribution < 1.29 is 42.2 Å². The van der Waals surface area contributed by atoms with Crippen molar-refractivity contribution in [1.29, 1.82) is 0 Å². The van der Waals surface area contributed by atoms with Crippen LogP contribution in [0.15, 0.2) is 54.6 Å². The van der Waals surface area contributed by atoms with Crippen molar-refractivity contribution in [3.63, 3.8) is 0 Å². The lowest BCUT2D eigenvalue weighted by atomic mass is 9.96. The van der Waals surface area contributed by atoms with Crippen LogP contribution in [0, 0.1) is 11.6 Å². The monoisotopic (exact) mass is 580 g/mol. The molecule has 3 aromatic carbocycles. The molecular weight excluding hydrogens is 550 g/mol. The summed E-state index contributed by atoms with van der Waals surface area (Å²) in [4.78, 5) is 50.6. The number of hydrogen-bond donors (Lipinski definition) is 2. The zero-order chi connectivity index (χ0) is 30.6. The molecular formula is C31H30F2N2O7. The Hall–Kier alpha value is -4.80. The van der Waals surface area contributed by atoms with Crippen molar-refractivity contribution in [2.75, 3.05) is 19.0 Å². The standard InChI is InChI=1S/C31H30F2N2O7/c1-31(2,3)42-30(39)35-26(29(38)40-4)16-41-28(37)19-8-6-17-5-7-18-13-21(10-11-22(18)27(36)23(17)14-19)34-25-12-9-20(32)15-24(25)33/h6,8-15,26,34H,5,7,16H2,1-4H3,(H,35,39)/t26-/m0/s1. The Morgan fingerprint density at radius 3 is 2.36 bits per heavy atom. The minimum Gasteiger partial charge on any atom is -0.467 e. The van der Waals surface area contributed by atoms with Crippen molar-refractivity contribution in [2.45, 2.75) is 45.3 Å². The molecule has 0 aromatic heterocycles. The van der Waals surface area contributed by atoms with Crippen LogP contribution in [0.2, 0.25) is 0 Å². The molecule has 0 heterocycles. The molecule has 0 aliphatic heterocycles. The molecule has 220 valence electrons. The molecule has 9 nitrogen and oxygen atoms in total. The number of carbonyl (C=O) groups excluding carboxylic acids is 4. The number of anilines is 2. The van der Waals surface area contributed by atoms with Gasteiger partial charge in [-0.1, -0.05) is 6.07 Å². The van der Waals surface area contributed by atoms with Gasteiger partial charge in [-0.2, -0.15) is 0 Å². The average molecular weight is 581 g/mol. The maximum absolute atomic E-state index is 14.1. The number of methoxy groups -OCH3 is 1. The molecule has 1 aliphatic rings. The first-order chi connectivity index (χ1) is 19.8. The molecule has 11 heteroatoms. The van der Waals surface area contributed by atoms with Gasteiger partial charge in [0, 0.05) is 22.9 Å². The molecule has 3 aromatic rings. The minimum atomic E-state index is -1.31. The number of ketones is 1. The van der Waals surface area contributed by atoms with Gasteiger partial charge in [0.05, 0.1) is 18.4 Å². The van der Waals surface area contributed by atoms with Crippen LogP contribution in [-0.4, -0.2) is 49.2 Å². The number of fused-ring (bicyclic) bond motifs is 2. The van der Waals surface area contributed by atoms with Gasteiger partial charge in [-0.15, -0.1) is 0 Å². The highest BCUT2D eigenvalue weighted by Crippen LogP contribution is 2.29. The molecule has 1 aliphatic carbocycles. The van der Waals surface area contributed by atoms with E-state index >= 15 is 0 Å². The van der Waals surface area contributed by atoms with Crippen LogP contribution < -0.4 is 10.6 Å². The number of benzene rings is 3. The molecule has 0 saturated heterocycles. The first-order valence-corrected chi connectivity index (χ1v) is 13.1.